The molecular formula is C14H20Cl2O3S. The van der Waals surface area contributed by atoms with Crippen molar-refractivity contribution >= 4 is 31.3 Å². The summed E-state index contributed by atoms with van der Waals surface area (Å²) in [4.78, 5) is -0.0175. The van der Waals surface area contributed by atoms with Crippen molar-refractivity contribution in [3.05, 3.63) is 23.2 Å². The van der Waals surface area contributed by atoms with Crippen molar-refractivity contribution in [1.82, 2.24) is 0 Å². The Morgan fingerprint density at radius 1 is 1.10 bits per heavy atom. The van der Waals surface area contributed by atoms with Gasteiger partial charge < -0.3 is 4.74 Å². The summed E-state index contributed by atoms with van der Waals surface area (Å²) in [5.74, 6) is 0.490. The zero-order valence-electron chi connectivity index (χ0n) is 11.6. The van der Waals surface area contributed by atoms with Crippen LogP contribution in [0, 0.1) is 0 Å². The van der Waals surface area contributed by atoms with Crippen molar-refractivity contribution in [2.45, 2.75) is 50.3 Å². The fourth-order valence-electron chi connectivity index (χ4n) is 1.81. The molecule has 0 atom stereocenters. The SMILES string of the molecule is CCCCCCCCOc1ccc(S(=O)(=O)Cl)cc1Cl. The molecule has 3 nitrogen and oxygen atoms in total. The number of hydrogen-bond donors (Lipinski definition) is 0. The molecule has 0 radical (unpaired) electrons. The van der Waals surface area contributed by atoms with Gasteiger partial charge in [-0.25, -0.2) is 8.42 Å². The van der Waals surface area contributed by atoms with E-state index >= 15 is 0 Å². The molecule has 0 aromatic heterocycles. The Morgan fingerprint density at radius 3 is 2.35 bits per heavy atom. The van der Waals surface area contributed by atoms with Crippen molar-refractivity contribution in [2.75, 3.05) is 6.61 Å². The van der Waals surface area contributed by atoms with Crippen molar-refractivity contribution in [3.8, 4) is 5.75 Å². The molecular weight excluding hydrogens is 319 g/mol. The predicted molar refractivity (Wildman–Crippen MR) is 83.4 cm³/mol. The van der Waals surface area contributed by atoms with E-state index in [9.17, 15) is 8.42 Å². The predicted octanol–water partition coefficient (Wildman–Crippen LogP) is 5.01. The highest BCUT2D eigenvalue weighted by atomic mass is 35.7. The largest absolute Gasteiger partial charge is 0.492 e. The molecule has 0 fully saturated rings. The molecule has 0 aliphatic heterocycles. The standard InChI is InChI=1S/C14H20Cl2O3S/c1-2-3-4-5-6-7-10-19-14-9-8-12(11-13(14)15)20(16,17)18/h8-9,11H,2-7,10H2,1H3. The van der Waals surface area contributed by atoms with Crippen LogP contribution in [0.3, 0.4) is 0 Å². The molecule has 0 N–H and O–H groups in total. The van der Waals surface area contributed by atoms with Gasteiger partial charge in [0.15, 0.2) is 0 Å². The van der Waals surface area contributed by atoms with E-state index < -0.39 is 9.05 Å². The minimum atomic E-state index is -3.75. The van der Waals surface area contributed by atoms with Crippen LogP contribution in [0.5, 0.6) is 5.75 Å². The average Bonchev–Trinajstić information content (AvgIpc) is 2.38. The van der Waals surface area contributed by atoms with Gasteiger partial charge in [0.2, 0.25) is 0 Å². The molecule has 0 aliphatic carbocycles. The van der Waals surface area contributed by atoms with E-state index in [4.69, 9.17) is 27.0 Å². The highest BCUT2D eigenvalue weighted by molar-refractivity contribution is 8.13. The van der Waals surface area contributed by atoms with Gasteiger partial charge in [0.05, 0.1) is 16.5 Å². The van der Waals surface area contributed by atoms with E-state index in [0.717, 1.165) is 12.8 Å². The topological polar surface area (TPSA) is 43.4 Å². The Balaban J connectivity index is 2.38. The number of rotatable bonds is 9. The van der Waals surface area contributed by atoms with Gasteiger partial charge in [-0.2, -0.15) is 0 Å². The van der Waals surface area contributed by atoms with E-state index in [2.05, 4.69) is 6.92 Å². The molecule has 0 saturated carbocycles. The summed E-state index contributed by atoms with van der Waals surface area (Å²) >= 11 is 5.97. The van der Waals surface area contributed by atoms with Crippen LogP contribution in [0.25, 0.3) is 0 Å². The van der Waals surface area contributed by atoms with Crippen molar-refractivity contribution < 1.29 is 13.2 Å². The maximum atomic E-state index is 11.1. The number of halogens is 2. The summed E-state index contributed by atoms with van der Waals surface area (Å²) in [7, 11) is 1.49. The zero-order chi connectivity index (χ0) is 15.0. The molecule has 114 valence electrons. The van der Waals surface area contributed by atoms with Gasteiger partial charge in [-0.3, -0.25) is 0 Å². The molecule has 6 heteroatoms. The van der Waals surface area contributed by atoms with E-state index in [0.29, 0.717) is 12.4 Å². The average molecular weight is 339 g/mol. The van der Waals surface area contributed by atoms with Gasteiger partial charge in [-0.15, -0.1) is 0 Å². The molecule has 1 aromatic rings. The molecule has 0 amide bonds. The van der Waals surface area contributed by atoms with Crippen molar-refractivity contribution in [3.63, 3.8) is 0 Å². The number of unbranched alkanes of at least 4 members (excludes halogenated alkanes) is 5. The fraction of sp³-hybridized carbons (Fsp3) is 0.571. The Hall–Kier alpha value is -0.450. The lowest BCUT2D eigenvalue weighted by Crippen LogP contribution is -1.99. The Bertz CT molecular complexity index is 515. The first-order valence-electron chi connectivity index (χ1n) is 6.82. The lowest BCUT2D eigenvalue weighted by molar-refractivity contribution is 0.304. The maximum Gasteiger partial charge on any atom is 0.261 e. The third-order valence-electron chi connectivity index (χ3n) is 2.94. The van der Waals surface area contributed by atoms with Gasteiger partial charge in [0.1, 0.15) is 5.75 Å². The smallest absolute Gasteiger partial charge is 0.261 e. The zero-order valence-corrected chi connectivity index (χ0v) is 13.9. The summed E-state index contributed by atoms with van der Waals surface area (Å²) in [6.07, 6.45) is 7.10. The van der Waals surface area contributed by atoms with E-state index in [1.54, 1.807) is 0 Å². The van der Waals surface area contributed by atoms with Gasteiger partial charge in [-0.1, -0.05) is 50.6 Å². The summed E-state index contributed by atoms with van der Waals surface area (Å²) in [6.45, 7) is 2.77. The van der Waals surface area contributed by atoms with Gasteiger partial charge in [0.25, 0.3) is 9.05 Å². The minimum Gasteiger partial charge on any atom is -0.492 e. The van der Waals surface area contributed by atoms with E-state index in [1.807, 2.05) is 0 Å². The summed E-state index contributed by atoms with van der Waals surface area (Å²) < 4.78 is 27.8. The Kier molecular flexibility index (Phi) is 7.70. The van der Waals surface area contributed by atoms with Gasteiger partial charge in [0, 0.05) is 10.7 Å². The lowest BCUT2D eigenvalue weighted by Gasteiger charge is -2.08. The second-order valence-electron chi connectivity index (χ2n) is 4.65. The second-order valence-corrected chi connectivity index (χ2v) is 7.62. The normalized spacial score (nSPS) is 11.6. The maximum absolute atomic E-state index is 11.1. The Morgan fingerprint density at radius 2 is 1.75 bits per heavy atom. The Labute approximate surface area is 130 Å². The second kappa shape index (κ2) is 8.75. The first-order chi connectivity index (χ1) is 9.45. The highest BCUT2D eigenvalue weighted by Gasteiger charge is 2.12. The van der Waals surface area contributed by atoms with Crippen LogP contribution in [-0.4, -0.2) is 15.0 Å². The molecule has 0 spiro atoms. The molecule has 0 bridgehead atoms. The third-order valence-corrected chi connectivity index (χ3v) is 4.59. The van der Waals surface area contributed by atoms with Crippen molar-refractivity contribution in [2.24, 2.45) is 0 Å². The molecule has 0 heterocycles. The van der Waals surface area contributed by atoms with Crippen molar-refractivity contribution in [1.29, 1.82) is 0 Å². The first kappa shape index (κ1) is 17.6. The quantitative estimate of drug-likeness (QED) is 0.469. The molecule has 0 saturated heterocycles. The number of ether oxygens (including phenoxy) is 1. The number of hydrogen-bond acceptors (Lipinski definition) is 3. The number of benzene rings is 1. The van der Waals surface area contributed by atoms with Crippen LogP contribution in [0.15, 0.2) is 23.1 Å². The lowest BCUT2D eigenvalue weighted by atomic mass is 10.1. The summed E-state index contributed by atoms with van der Waals surface area (Å²) in [5.41, 5.74) is 0. The fourth-order valence-corrected chi connectivity index (χ4v) is 2.89. The monoisotopic (exact) mass is 338 g/mol. The van der Waals surface area contributed by atoms with E-state index in [1.165, 1.54) is 43.9 Å². The molecule has 0 aliphatic rings. The summed E-state index contributed by atoms with van der Waals surface area (Å²) in [6, 6.07) is 4.24. The van der Waals surface area contributed by atoms with Crippen LogP contribution < -0.4 is 4.74 Å². The van der Waals surface area contributed by atoms with Crippen LogP contribution >= 0.6 is 22.3 Å². The van der Waals surface area contributed by atoms with Gasteiger partial charge >= 0.3 is 0 Å². The third kappa shape index (κ3) is 6.33. The van der Waals surface area contributed by atoms with Crippen LogP contribution in [0.2, 0.25) is 5.02 Å². The first-order valence-corrected chi connectivity index (χ1v) is 9.51. The van der Waals surface area contributed by atoms with Crippen LogP contribution in [-0.2, 0) is 9.05 Å². The minimum absolute atomic E-state index is 0.0175. The molecule has 1 aromatic carbocycles. The molecule has 1 rings (SSSR count). The highest BCUT2D eigenvalue weighted by Crippen LogP contribution is 2.28. The van der Waals surface area contributed by atoms with E-state index in [-0.39, 0.29) is 9.92 Å². The van der Waals surface area contributed by atoms with Gasteiger partial charge in [-0.05, 0) is 24.6 Å². The summed E-state index contributed by atoms with van der Waals surface area (Å²) in [5, 5.41) is 0.262. The molecule has 0 unspecified atom stereocenters. The van der Waals surface area contributed by atoms with Crippen LogP contribution in [0.4, 0.5) is 0 Å². The molecule has 20 heavy (non-hydrogen) atoms. The van der Waals surface area contributed by atoms with Crippen LogP contribution in [0.1, 0.15) is 45.4 Å².